The Kier molecular flexibility index (Phi) is 5.05. The van der Waals surface area contributed by atoms with Crippen molar-refractivity contribution in [3.8, 4) is 0 Å². The van der Waals surface area contributed by atoms with Gasteiger partial charge in [0.2, 0.25) is 5.91 Å². The Morgan fingerprint density at radius 1 is 1.29 bits per heavy atom. The van der Waals surface area contributed by atoms with E-state index in [1.807, 2.05) is 13.0 Å². The molecule has 6 heteroatoms. The van der Waals surface area contributed by atoms with Crippen LogP contribution in [0.15, 0.2) is 36.5 Å². The van der Waals surface area contributed by atoms with E-state index in [-0.39, 0.29) is 24.3 Å². The van der Waals surface area contributed by atoms with Gasteiger partial charge in [0.25, 0.3) is 5.91 Å². The van der Waals surface area contributed by atoms with Crippen molar-refractivity contribution in [3.05, 3.63) is 47.0 Å². The summed E-state index contributed by atoms with van der Waals surface area (Å²) in [7, 11) is 0. The lowest BCUT2D eigenvalue weighted by Crippen LogP contribution is -2.35. The van der Waals surface area contributed by atoms with E-state index in [0.717, 1.165) is 4.88 Å². The average Bonchev–Trinajstić information content (AvgIpc) is 2.84. The monoisotopic (exact) mass is 303 g/mol. The first-order valence-corrected chi connectivity index (χ1v) is 7.44. The Labute approximate surface area is 127 Å². The van der Waals surface area contributed by atoms with Crippen molar-refractivity contribution in [2.45, 2.75) is 26.3 Å². The molecule has 0 fully saturated rings. The number of thiazole rings is 1. The van der Waals surface area contributed by atoms with Crippen LogP contribution in [0.4, 0.5) is 5.13 Å². The van der Waals surface area contributed by atoms with Crippen molar-refractivity contribution in [3.63, 3.8) is 0 Å². The molecule has 5 nitrogen and oxygen atoms in total. The van der Waals surface area contributed by atoms with E-state index in [1.165, 1.54) is 11.3 Å². The zero-order valence-corrected chi connectivity index (χ0v) is 12.7. The molecule has 0 saturated heterocycles. The largest absolute Gasteiger partial charge is 0.349 e. The number of anilines is 1. The normalized spacial score (nSPS) is 11.7. The summed E-state index contributed by atoms with van der Waals surface area (Å²) in [6.45, 7) is 3.73. The highest BCUT2D eigenvalue weighted by atomic mass is 32.1. The molecule has 2 amide bonds. The fraction of sp³-hybridized carbons (Fsp3) is 0.267. The SMILES string of the molecule is Cc1cnc(NC(=O)C[C@H](C)NC(=O)c2ccccc2)s1. The molecule has 0 aliphatic heterocycles. The highest BCUT2D eigenvalue weighted by molar-refractivity contribution is 7.15. The van der Waals surface area contributed by atoms with Crippen LogP contribution >= 0.6 is 11.3 Å². The number of nitrogens with zero attached hydrogens (tertiary/aromatic N) is 1. The first kappa shape index (κ1) is 15.2. The second kappa shape index (κ2) is 6.99. The Bertz CT molecular complexity index is 625. The number of aryl methyl sites for hydroxylation is 1. The number of carbonyl (C=O) groups excluding carboxylic acids is 2. The smallest absolute Gasteiger partial charge is 0.251 e. The summed E-state index contributed by atoms with van der Waals surface area (Å²) >= 11 is 1.42. The van der Waals surface area contributed by atoms with Crippen LogP contribution in [-0.2, 0) is 4.79 Å². The second-order valence-electron chi connectivity index (χ2n) is 4.77. The molecule has 110 valence electrons. The first-order valence-electron chi connectivity index (χ1n) is 6.63. The maximum absolute atomic E-state index is 11.9. The van der Waals surface area contributed by atoms with Gasteiger partial charge in [0.05, 0.1) is 0 Å². The van der Waals surface area contributed by atoms with Gasteiger partial charge in [-0.15, -0.1) is 11.3 Å². The fourth-order valence-electron chi connectivity index (χ4n) is 1.81. The molecule has 0 radical (unpaired) electrons. The van der Waals surface area contributed by atoms with Crippen LogP contribution < -0.4 is 10.6 Å². The molecular weight excluding hydrogens is 286 g/mol. The van der Waals surface area contributed by atoms with E-state index >= 15 is 0 Å². The van der Waals surface area contributed by atoms with Crippen molar-refractivity contribution < 1.29 is 9.59 Å². The van der Waals surface area contributed by atoms with Crippen molar-refractivity contribution in [2.24, 2.45) is 0 Å². The Hall–Kier alpha value is -2.21. The molecule has 1 aromatic heterocycles. The van der Waals surface area contributed by atoms with Crippen LogP contribution in [0.25, 0.3) is 0 Å². The van der Waals surface area contributed by atoms with E-state index < -0.39 is 0 Å². The summed E-state index contributed by atoms with van der Waals surface area (Å²) in [5, 5.41) is 6.11. The lowest BCUT2D eigenvalue weighted by Gasteiger charge is -2.13. The van der Waals surface area contributed by atoms with E-state index in [9.17, 15) is 9.59 Å². The van der Waals surface area contributed by atoms with Crippen molar-refractivity contribution in [1.29, 1.82) is 0 Å². The number of amides is 2. The number of nitrogens with one attached hydrogen (secondary N) is 2. The molecule has 1 aromatic carbocycles. The quantitative estimate of drug-likeness (QED) is 0.892. The van der Waals surface area contributed by atoms with Crippen molar-refractivity contribution >= 4 is 28.3 Å². The van der Waals surface area contributed by atoms with E-state index in [4.69, 9.17) is 0 Å². The van der Waals surface area contributed by atoms with Gasteiger partial charge in [-0.1, -0.05) is 18.2 Å². The fourth-order valence-corrected chi connectivity index (χ4v) is 2.49. The lowest BCUT2D eigenvalue weighted by molar-refractivity contribution is -0.116. The number of hydrogen-bond acceptors (Lipinski definition) is 4. The van der Waals surface area contributed by atoms with Crippen LogP contribution in [0.5, 0.6) is 0 Å². The maximum Gasteiger partial charge on any atom is 0.251 e. The van der Waals surface area contributed by atoms with Crippen LogP contribution in [0.3, 0.4) is 0 Å². The van der Waals surface area contributed by atoms with Crippen LogP contribution in [0, 0.1) is 6.92 Å². The average molecular weight is 303 g/mol. The van der Waals surface area contributed by atoms with Crippen LogP contribution in [-0.4, -0.2) is 22.8 Å². The number of aromatic nitrogens is 1. The summed E-state index contributed by atoms with van der Waals surface area (Å²) < 4.78 is 0. The highest BCUT2D eigenvalue weighted by Gasteiger charge is 2.14. The van der Waals surface area contributed by atoms with Crippen molar-refractivity contribution in [1.82, 2.24) is 10.3 Å². The van der Waals surface area contributed by atoms with Gasteiger partial charge >= 0.3 is 0 Å². The van der Waals surface area contributed by atoms with E-state index in [2.05, 4.69) is 15.6 Å². The predicted molar refractivity (Wildman–Crippen MR) is 83.5 cm³/mol. The third kappa shape index (κ3) is 4.68. The molecule has 21 heavy (non-hydrogen) atoms. The standard InChI is InChI=1S/C15H17N3O2S/c1-10(17-14(20)12-6-4-3-5-7-12)8-13(19)18-15-16-9-11(2)21-15/h3-7,9-10H,8H2,1-2H3,(H,17,20)(H,16,18,19)/t10-/m0/s1. The van der Waals surface area contributed by atoms with Gasteiger partial charge in [-0.25, -0.2) is 4.98 Å². The van der Waals surface area contributed by atoms with Gasteiger partial charge in [0, 0.05) is 29.1 Å². The maximum atomic E-state index is 11.9. The molecule has 0 bridgehead atoms. The van der Waals surface area contributed by atoms with Crippen LogP contribution in [0.2, 0.25) is 0 Å². The first-order chi connectivity index (χ1) is 10.0. The zero-order chi connectivity index (χ0) is 15.2. The third-order valence-corrected chi connectivity index (χ3v) is 3.60. The molecule has 0 spiro atoms. The molecule has 2 N–H and O–H groups in total. The van der Waals surface area contributed by atoms with E-state index in [1.54, 1.807) is 37.4 Å². The minimum Gasteiger partial charge on any atom is -0.349 e. The molecule has 1 atom stereocenters. The summed E-state index contributed by atoms with van der Waals surface area (Å²) in [6.07, 6.45) is 1.91. The summed E-state index contributed by atoms with van der Waals surface area (Å²) in [6, 6.07) is 8.68. The lowest BCUT2D eigenvalue weighted by atomic mass is 10.1. The van der Waals surface area contributed by atoms with Crippen LogP contribution in [0.1, 0.15) is 28.6 Å². The zero-order valence-electron chi connectivity index (χ0n) is 11.9. The van der Waals surface area contributed by atoms with Gasteiger partial charge < -0.3 is 10.6 Å². The Balaban J connectivity index is 1.82. The van der Waals surface area contributed by atoms with Gasteiger partial charge in [-0.05, 0) is 26.0 Å². The molecule has 0 saturated carbocycles. The summed E-state index contributed by atoms with van der Waals surface area (Å²) in [4.78, 5) is 28.9. The summed E-state index contributed by atoms with van der Waals surface area (Å²) in [5.74, 6) is -0.341. The number of rotatable bonds is 5. The van der Waals surface area contributed by atoms with E-state index in [0.29, 0.717) is 10.7 Å². The molecule has 2 rings (SSSR count). The van der Waals surface area contributed by atoms with Gasteiger partial charge in [0.15, 0.2) is 5.13 Å². The molecule has 1 heterocycles. The highest BCUT2D eigenvalue weighted by Crippen LogP contribution is 2.16. The minimum absolute atomic E-state index is 0.162. The van der Waals surface area contributed by atoms with Gasteiger partial charge in [-0.3, -0.25) is 9.59 Å². The van der Waals surface area contributed by atoms with Crippen molar-refractivity contribution in [2.75, 3.05) is 5.32 Å². The van der Waals surface area contributed by atoms with Gasteiger partial charge in [0.1, 0.15) is 0 Å². The second-order valence-corrected chi connectivity index (χ2v) is 6.00. The summed E-state index contributed by atoms with van der Waals surface area (Å²) in [5.41, 5.74) is 0.584. The predicted octanol–water partition coefficient (Wildman–Crippen LogP) is 2.60. The Morgan fingerprint density at radius 3 is 2.62 bits per heavy atom. The molecule has 0 unspecified atom stereocenters. The minimum atomic E-state index is -0.251. The molecule has 0 aliphatic rings. The number of carbonyl (C=O) groups is 2. The number of benzene rings is 1. The Morgan fingerprint density at radius 2 is 2.00 bits per heavy atom. The molecule has 0 aliphatic carbocycles. The molecule has 2 aromatic rings. The van der Waals surface area contributed by atoms with Gasteiger partial charge in [-0.2, -0.15) is 0 Å². The molecular formula is C15H17N3O2S. The third-order valence-electron chi connectivity index (χ3n) is 2.77. The number of hydrogen-bond donors (Lipinski definition) is 2. The topological polar surface area (TPSA) is 71.1 Å².